The van der Waals surface area contributed by atoms with Gasteiger partial charge in [-0.05, 0) is 49.1 Å². The molecule has 0 bridgehead atoms. The van der Waals surface area contributed by atoms with E-state index in [9.17, 15) is 14.4 Å². The Labute approximate surface area is 157 Å². The molecule has 0 atom stereocenters. The van der Waals surface area contributed by atoms with Gasteiger partial charge in [0.15, 0.2) is 0 Å². The molecule has 0 radical (unpaired) electrons. The second-order valence-corrected chi connectivity index (χ2v) is 6.57. The summed E-state index contributed by atoms with van der Waals surface area (Å²) in [6.07, 6.45) is 1.78. The maximum Gasteiger partial charge on any atom is 0.337 e. The van der Waals surface area contributed by atoms with Crippen molar-refractivity contribution in [3.8, 4) is 0 Å². The van der Waals surface area contributed by atoms with Gasteiger partial charge in [0.05, 0.1) is 12.7 Å². The van der Waals surface area contributed by atoms with E-state index in [1.54, 1.807) is 18.2 Å². The van der Waals surface area contributed by atoms with Gasteiger partial charge in [0.2, 0.25) is 11.8 Å². The van der Waals surface area contributed by atoms with Gasteiger partial charge in [-0.15, -0.1) is 0 Å². The molecule has 2 N–H and O–H groups in total. The van der Waals surface area contributed by atoms with Gasteiger partial charge in [-0.25, -0.2) is 4.79 Å². The molecule has 2 aromatic rings. The van der Waals surface area contributed by atoms with Crippen molar-refractivity contribution >= 4 is 29.2 Å². The fourth-order valence-corrected chi connectivity index (χ4v) is 2.97. The molecule has 6 nitrogen and oxygen atoms in total. The lowest BCUT2D eigenvalue weighted by atomic mass is 10.0. The lowest BCUT2D eigenvalue weighted by molar-refractivity contribution is -0.131. The third kappa shape index (κ3) is 3.84. The molecule has 6 heteroatoms. The number of carbonyl (C=O) groups is 3. The van der Waals surface area contributed by atoms with Gasteiger partial charge >= 0.3 is 5.97 Å². The number of anilines is 2. The van der Waals surface area contributed by atoms with Crippen molar-refractivity contribution < 1.29 is 19.1 Å². The fourth-order valence-electron chi connectivity index (χ4n) is 2.97. The molecule has 3 rings (SSSR count). The monoisotopic (exact) mass is 366 g/mol. The minimum Gasteiger partial charge on any atom is -0.465 e. The molecule has 0 saturated heterocycles. The van der Waals surface area contributed by atoms with Gasteiger partial charge in [0.25, 0.3) is 0 Å². The lowest BCUT2D eigenvalue weighted by Gasteiger charge is -2.17. The number of aryl methyl sites for hydroxylation is 1. The van der Waals surface area contributed by atoms with Gasteiger partial charge in [-0.2, -0.15) is 0 Å². The molecule has 2 amide bonds. The second-order valence-electron chi connectivity index (χ2n) is 6.57. The molecule has 27 heavy (non-hydrogen) atoms. The first kappa shape index (κ1) is 18.6. The SMILES string of the molecule is CCc1ccccc1NC(=O)C1(C(=O)Nc2cccc(C(=O)OC)c2)CC1. The molecule has 1 saturated carbocycles. The highest BCUT2D eigenvalue weighted by Gasteiger charge is 2.56. The predicted molar refractivity (Wildman–Crippen MR) is 103 cm³/mol. The van der Waals surface area contributed by atoms with Gasteiger partial charge in [0, 0.05) is 11.4 Å². The molecule has 2 aromatic carbocycles. The van der Waals surface area contributed by atoms with E-state index in [2.05, 4.69) is 15.4 Å². The van der Waals surface area contributed by atoms with Crippen molar-refractivity contribution in [2.24, 2.45) is 5.41 Å². The largest absolute Gasteiger partial charge is 0.465 e. The van der Waals surface area contributed by atoms with Crippen LogP contribution >= 0.6 is 0 Å². The number of carbonyl (C=O) groups excluding carboxylic acids is 3. The highest BCUT2D eigenvalue weighted by Crippen LogP contribution is 2.47. The van der Waals surface area contributed by atoms with Crippen LogP contribution in [-0.2, 0) is 20.7 Å². The van der Waals surface area contributed by atoms with E-state index >= 15 is 0 Å². The molecule has 0 aliphatic heterocycles. The maximum absolute atomic E-state index is 12.8. The maximum atomic E-state index is 12.8. The molecular weight excluding hydrogens is 344 g/mol. The van der Waals surface area contributed by atoms with Gasteiger partial charge < -0.3 is 15.4 Å². The van der Waals surface area contributed by atoms with Crippen LogP contribution in [0, 0.1) is 5.41 Å². The van der Waals surface area contributed by atoms with E-state index in [-0.39, 0.29) is 11.8 Å². The molecule has 0 aromatic heterocycles. The minimum absolute atomic E-state index is 0.301. The van der Waals surface area contributed by atoms with Gasteiger partial charge in [-0.3, -0.25) is 9.59 Å². The van der Waals surface area contributed by atoms with E-state index in [4.69, 9.17) is 0 Å². The number of hydrogen-bond donors (Lipinski definition) is 2. The zero-order valence-electron chi connectivity index (χ0n) is 15.4. The van der Waals surface area contributed by atoms with E-state index < -0.39 is 11.4 Å². The average Bonchev–Trinajstić information content (AvgIpc) is 3.50. The Kier molecular flexibility index (Phi) is 5.26. The number of nitrogens with one attached hydrogen (secondary N) is 2. The van der Waals surface area contributed by atoms with E-state index in [0.29, 0.717) is 24.1 Å². The Morgan fingerprint density at radius 1 is 1.00 bits per heavy atom. The standard InChI is InChI=1S/C21H22N2O4/c1-3-14-7-4-5-10-17(14)23-20(26)21(11-12-21)19(25)22-16-9-6-8-15(13-16)18(24)27-2/h4-10,13H,3,11-12H2,1-2H3,(H,22,25)(H,23,26). The Balaban J connectivity index is 1.73. The number of benzene rings is 2. The number of para-hydroxylation sites is 1. The molecular formula is C21H22N2O4. The van der Waals surface area contributed by atoms with Crippen LogP contribution < -0.4 is 10.6 Å². The van der Waals surface area contributed by atoms with Crippen molar-refractivity contribution in [3.63, 3.8) is 0 Å². The number of esters is 1. The summed E-state index contributed by atoms with van der Waals surface area (Å²) in [6.45, 7) is 2.01. The topological polar surface area (TPSA) is 84.5 Å². The minimum atomic E-state index is -1.07. The molecule has 0 spiro atoms. The van der Waals surface area contributed by atoms with Crippen molar-refractivity contribution in [2.75, 3.05) is 17.7 Å². The van der Waals surface area contributed by atoms with Crippen molar-refractivity contribution in [1.82, 2.24) is 0 Å². The Morgan fingerprint density at radius 3 is 2.37 bits per heavy atom. The summed E-state index contributed by atoms with van der Waals surface area (Å²) in [6, 6.07) is 14.0. The van der Waals surface area contributed by atoms with Gasteiger partial charge in [0.1, 0.15) is 5.41 Å². The number of rotatable bonds is 6. The van der Waals surface area contributed by atoms with Gasteiger partial charge in [-0.1, -0.05) is 31.2 Å². The molecule has 140 valence electrons. The van der Waals surface area contributed by atoms with E-state index in [1.165, 1.54) is 13.2 Å². The summed E-state index contributed by atoms with van der Waals surface area (Å²) in [5.74, 6) is -1.15. The summed E-state index contributed by atoms with van der Waals surface area (Å²) < 4.78 is 4.69. The summed E-state index contributed by atoms with van der Waals surface area (Å²) in [5, 5.41) is 5.65. The molecule has 1 aliphatic carbocycles. The Hall–Kier alpha value is -3.15. The van der Waals surface area contributed by atoms with Crippen LogP contribution in [0.25, 0.3) is 0 Å². The highest BCUT2D eigenvalue weighted by atomic mass is 16.5. The van der Waals surface area contributed by atoms with Crippen molar-refractivity contribution in [3.05, 3.63) is 59.7 Å². The normalized spacial score (nSPS) is 14.1. The number of amides is 2. The zero-order valence-corrected chi connectivity index (χ0v) is 15.4. The van der Waals surface area contributed by atoms with Crippen molar-refractivity contribution in [1.29, 1.82) is 0 Å². The highest BCUT2D eigenvalue weighted by molar-refractivity contribution is 6.17. The Morgan fingerprint density at radius 2 is 1.70 bits per heavy atom. The summed E-state index contributed by atoms with van der Waals surface area (Å²) in [4.78, 5) is 37.2. The summed E-state index contributed by atoms with van der Waals surface area (Å²) in [7, 11) is 1.30. The first-order chi connectivity index (χ1) is 13.0. The van der Waals surface area contributed by atoms with Crippen LogP contribution in [0.5, 0.6) is 0 Å². The third-order valence-corrected chi connectivity index (χ3v) is 4.81. The van der Waals surface area contributed by atoms with Crippen LogP contribution in [0.4, 0.5) is 11.4 Å². The summed E-state index contributed by atoms with van der Waals surface area (Å²) in [5.41, 5.74) is 1.48. The zero-order chi connectivity index (χ0) is 19.4. The fraction of sp³-hybridized carbons (Fsp3) is 0.286. The molecule has 0 unspecified atom stereocenters. The Bertz CT molecular complexity index is 887. The van der Waals surface area contributed by atoms with Crippen LogP contribution in [0.15, 0.2) is 48.5 Å². The lowest BCUT2D eigenvalue weighted by Crippen LogP contribution is -2.35. The number of methoxy groups -OCH3 is 1. The van der Waals surface area contributed by atoms with E-state index in [0.717, 1.165) is 17.7 Å². The van der Waals surface area contributed by atoms with Crippen molar-refractivity contribution in [2.45, 2.75) is 26.2 Å². The molecule has 1 aliphatic rings. The quantitative estimate of drug-likeness (QED) is 0.606. The average molecular weight is 366 g/mol. The second kappa shape index (κ2) is 7.61. The van der Waals surface area contributed by atoms with Crippen LogP contribution in [0.3, 0.4) is 0 Å². The first-order valence-corrected chi connectivity index (χ1v) is 8.89. The molecule has 0 heterocycles. The smallest absolute Gasteiger partial charge is 0.337 e. The van der Waals surface area contributed by atoms with Crippen LogP contribution in [-0.4, -0.2) is 24.9 Å². The van der Waals surface area contributed by atoms with E-state index in [1.807, 2.05) is 31.2 Å². The first-order valence-electron chi connectivity index (χ1n) is 8.89. The van der Waals surface area contributed by atoms with Crippen LogP contribution in [0.1, 0.15) is 35.7 Å². The predicted octanol–water partition coefficient (Wildman–Crippen LogP) is 3.39. The summed E-state index contributed by atoms with van der Waals surface area (Å²) >= 11 is 0. The molecule has 1 fully saturated rings. The number of hydrogen-bond acceptors (Lipinski definition) is 4. The van der Waals surface area contributed by atoms with Crippen LogP contribution in [0.2, 0.25) is 0 Å². The third-order valence-electron chi connectivity index (χ3n) is 4.81. The number of ether oxygens (including phenoxy) is 1.